The van der Waals surface area contributed by atoms with Gasteiger partial charge in [0.25, 0.3) is 5.05 Å². The summed E-state index contributed by atoms with van der Waals surface area (Å²) >= 11 is 3.76. The predicted octanol–water partition coefficient (Wildman–Crippen LogP) is 2.07. The van der Waals surface area contributed by atoms with Gasteiger partial charge < -0.3 is 10.2 Å². The Balaban J connectivity index is 0. The zero-order valence-corrected chi connectivity index (χ0v) is 14.6. The van der Waals surface area contributed by atoms with Crippen LogP contribution in [0.15, 0.2) is 60.7 Å². The van der Waals surface area contributed by atoms with Crippen LogP contribution in [0.4, 0.5) is 0 Å². The lowest BCUT2D eigenvalue weighted by Gasteiger charge is -1.82. The van der Waals surface area contributed by atoms with E-state index in [0.29, 0.717) is 5.75 Å². The fourth-order valence-electron chi connectivity index (χ4n) is 0.906. The van der Waals surface area contributed by atoms with Crippen LogP contribution >= 0.6 is 0 Å². The highest BCUT2D eigenvalue weighted by Crippen LogP contribution is 2.02. The van der Waals surface area contributed by atoms with Crippen LogP contribution in [0.1, 0.15) is 6.92 Å². The molecule has 0 bridgehead atoms. The zero-order valence-electron chi connectivity index (χ0n) is 11.8. The second-order valence-corrected chi connectivity index (χ2v) is 3.95. The molecule has 0 unspecified atom stereocenters. The number of rotatable bonds is 0. The molecule has 2 rings (SSSR count). The lowest BCUT2D eigenvalue weighted by Crippen LogP contribution is -1.97. The van der Waals surface area contributed by atoms with E-state index >= 15 is 0 Å². The minimum atomic E-state index is 0.250. The molecule has 92 valence electrons. The lowest BCUT2D eigenvalue weighted by molar-refractivity contribution is 0.318. The van der Waals surface area contributed by atoms with Crippen LogP contribution < -0.4 is 3.69 Å². The Kier molecular flexibility index (Phi) is 19.6. The summed E-state index contributed by atoms with van der Waals surface area (Å²) in [5.41, 5.74) is 0. The van der Waals surface area contributed by atoms with Crippen LogP contribution in [0.5, 0.6) is 5.75 Å². The molecule has 14 radical (unpaired) electrons. The standard InChI is InChI=1S/C6H6O.C6H5.C2H6O.CH3.2Mg/c7-6-4-2-1-3-5-6;1-2-4-6-5-3-1;1-2-3;;;/h1-5,7H;1-5H;3H,2H2,1H3;1H3;;/q;;;;2*+2. The third kappa shape index (κ3) is 17.7. The molecule has 0 aliphatic carbocycles. The number of benzene rings is 2. The minimum Gasteiger partial charge on any atom is -0.508 e. The Morgan fingerprint density at radius 3 is 1.32 bits per heavy atom. The Bertz CT molecular complexity index is 329. The molecular weight excluding hydrogens is 261 g/mol. The van der Waals surface area contributed by atoms with Gasteiger partial charge in [-0.25, -0.2) is 0 Å². The molecule has 0 fully saturated rings. The summed E-state index contributed by atoms with van der Waals surface area (Å²) in [5, 5.41) is 18.2. The second-order valence-electron chi connectivity index (χ2n) is 3.14. The van der Waals surface area contributed by atoms with Crippen molar-refractivity contribution in [2.75, 3.05) is 6.61 Å². The number of hydrogen-bond acceptors (Lipinski definition) is 2. The van der Waals surface area contributed by atoms with Gasteiger partial charge in [0.05, 0.1) is 0 Å². The number of phenols is 1. The van der Waals surface area contributed by atoms with E-state index in [1.807, 2.05) is 72.7 Å². The van der Waals surface area contributed by atoms with Crippen molar-refractivity contribution in [3.8, 4) is 5.75 Å². The maximum Gasteiger partial charge on any atom is 1.47 e. The Morgan fingerprint density at radius 2 is 1.16 bits per heavy atom. The summed E-state index contributed by atoms with van der Waals surface area (Å²) in [7, 11) is 0. The molecular formula is C15H20Mg2O2+4. The van der Waals surface area contributed by atoms with E-state index in [-0.39, 0.29) is 6.61 Å². The molecule has 0 atom stereocenters. The first-order valence-corrected chi connectivity index (χ1v) is 8.25. The van der Waals surface area contributed by atoms with Crippen molar-refractivity contribution in [3.63, 3.8) is 0 Å². The molecule has 0 saturated carbocycles. The molecule has 19 heavy (non-hydrogen) atoms. The molecule has 0 aliphatic heterocycles. The first-order chi connectivity index (χ1) is 9.20. The van der Waals surface area contributed by atoms with Crippen molar-refractivity contribution < 1.29 is 10.2 Å². The lowest BCUT2D eigenvalue weighted by atomic mass is 10.3. The summed E-state index contributed by atoms with van der Waals surface area (Å²) in [5.74, 6) is 0.322. The Labute approximate surface area is 141 Å². The van der Waals surface area contributed by atoms with Crippen molar-refractivity contribution in [1.82, 2.24) is 0 Å². The van der Waals surface area contributed by atoms with Gasteiger partial charge in [0, 0.05) is 18.7 Å². The zero-order chi connectivity index (χ0) is 14.9. The van der Waals surface area contributed by atoms with Crippen molar-refractivity contribution in [3.05, 3.63) is 60.7 Å². The van der Waals surface area contributed by atoms with E-state index in [2.05, 4.69) is 12.1 Å². The molecule has 0 spiro atoms. The quantitative estimate of drug-likeness (QED) is 0.726. The van der Waals surface area contributed by atoms with E-state index in [1.165, 1.54) is 3.69 Å². The number of para-hydroxylation sites is 1. The summed E-state index contributed by atoms with van der Waals surface area (Å²) in [6, 6.07) is 19.0. The highest BCUT2D eigenvalue weighted by atomic mass is 24.4. The number of hydrogen-bond donors (Lipinski definition) is 2. The van der Waals surface area contributed by atoms with E-state index in [9.17, 15) is 0 Å². The highest BCUT2D eigenvalue weighted by Gasteiger charge is 2.28. The first kappa shape index (κ1) is 21.0. The van der Waals surface area contributed by atoms with Crippen LogP contribution in [-0.4, -0.2) is 60.2 Å². The van der Waals surface area contributed by atoms with Gasteiger partial charge in [0.2, 0.25) is 0 Å². The predicted molar refractivity (Wildman–Crippen MR) is 84.3 cm³/mol. The molecule has 2 N–H and O–H groups in total. The summed E-state index contributed by atoms with van der Waals surface area (Å²) in [6.45, 7) is 1.93. The van der Waals surface area contributed by atoms with Gasteiger partial charge >= 0.3 is 47.1 Å². The van der Waals surface area contributed by atoms with Crippen LogP contribution in [0.25, 0.3) is 0 Å². The number of aromatic hydroxyl groups is 1. The van der Waals surface area contributed by atoms with Gasteiger partial charge in [-0.05, 0) is 19.1 Å². The molecule has 0 aromatic heterocycles. The second kappa shape index (κ2) is 17.7. The van der Waals surface area contributed by atoms with Gasteiger partial charge in [-0.2, -0.15) is 0 Å². The third-order valence-corrected chi connectivity index (χ3v) is 2.07. The van der Waals surface area contributed by atoms with Crippen LogP contribution in [0.3, 0.4) is 0 Å². The van der Waals surface area contributed by atoms with Gasteiger partial charge in [0.15, 0.2) is 0 Å². The SMILES string of the molecule is CCO.Oc1ccccc1.[CH3][Mg+2].[Mg+2][c]1ccccc1. The topological polar surface area (TPSA) is 40.5 Å². The van der Waals surface area contributed by atoms with Crippen molar-refractivity contribution in [1.29, 1.82) is 0 Å². The van der Waals surface area contributed by atoms with E-state index in [4.69, 9.17) is 10.2 Å². The van der Waals surface area contributed by atoms with Crippen LogP contribution in [0, 0.1) is 0 Å². The number of aliphatic hydroxyl groups is 1. The van der Waals surface area contributed by atoms with Crippen molar-refractivity contribution >= 4 is 47.1 Å². The fourth-order valence-corrected chi connectivity index (χ4v) is 1.18. The maximum absolute atomic E-state index is 8.63. The van der Waals surface area contributed by atoms with E-state index < -0.39 is 0 Å². The molecule has 0 amide bonds. The fraction of sp³-hybridized carbons (Fsp3) is 0.200. The average Bonchev–Trinajstić information content (AvgIpc) is 2.44. The average molecular weight is 281 g/mol. The summed E-state index contributed by atoms with van der Waals surface area (Å²) in [4.78, 5) is 0. The Morgan fingerprint density at radius 1 is 0.842 bits per heavy atom. The smallest absolute Gasteiger partial charge is 0.508 e. The van der Waals surface area contributed by atoms with Gasteiger partial charge in [-0.1, -0.05) is 36.4 Å². The molecule has 0 saturated heterocycles. The van der Waals surface area contributed by atoms with Crippen molar-refractivity contribution in [2.45, 2.75) is 12.0 Å². The minimum absolute atomic E-state index is 0.250. The molecule has 2 aromatic rings. The monoisotopic (exact) mass is 280 g/mol. The highest BCUT2D eigenvalue weighted by molar-refractivity contribution is 6.32. The van der Waals surface area contributed by atoms with Gasteiger partial charge in [-0.15, -0.1) is 0 Å². The van der Waals surface area contributed by atoms with Gasteiger partial charge in [0.1, 0.15) is 5.75 Å². The maximum atomic E-state index is 8.63. The molecule has 0 heterocycles. The van der Waals surface area contributed by atoms with Crippen LogP contribution in [-0.2, 0) is 0 Å². The molecule has 2 aromatic carbocycles. The normalized spacial score (nSPS) is 7.63. The Hall–Kier alpha value is -0.268. The number of aliphatic hydroxyl groups excluding tert-OH is 1. The van der Waals surface area contributed by atoms with Crippen LogP contribution in [0.2, 0.25) is 5.05 Å². The summed E-state index contributed by atoms with van der Waals surface area (Å²) < 4.78 is 1.35. The molecule has 2 nitrogen and oxygen atoms in total. The van der Waals surface area contributed by atoms with E-state index in [0.717, 1.165) is 0 Å². The van der Waals surface area contributed by atoms with Gasteiger partial charge in [-0.3, -0.25) is 0 Å². The third-order valence-electron chi connectivity index (χ3n) is 1.60. The summed E-state index contributed by atoms with van der Waals surface area (Å²) in [6.07, 6.45) is 0. The van der Waals surface area contributed by atoms with Crippen molar-refractivity contribution in [2.24, 2.45) is 0 Å². The molecule has 4 heteroatoms. The van der Waals surface area contributed by atoms with E-state index in [1.54, 1.807) is 31.2 Å². The number of phenolic OH excluding ortho intramolecular Hbond substituents is 1. The first-order valence-electron chi connectivity index (χ1n) is 6.13. The molecule has 0 aliphatic rings. The largest absolute Gasteiger partial charge is 1.47 e.